The molecule has 0 aromatic rings. The highest BCUT2D eigenvalue weighted by molar-refractivity contribution is 5.79. The van der Waals surface area contributed by atoms with E-state index in [9.17, 15) is 0 Å². The van der Waals surface area contributed by atoms with Gasteiger partial charge in [-0.15, -0.1) is 0 Å². The molecule has 0 atom stereocenters. The molecule has 2 aliphatic heterocycles. The van der Waals surface area contributed by atoms with E-state index in [0.29, 0.717) is 0 Å². The highest BCUT2D eigenvalue weighted by atomic mass is 15.7. The van der Waals surface area contributed by atoms with Gasteiger partial charge in [0.15, 0.2) is 0 Å². The minimum absolute atomic E-state index is 1.06. The number of allylic oxidation sites excluding steroid dienone is 2. The molecule has 47 valence electrons. The third-order valence-corrected chi connectivity index (χ3v) is 1.56. The molecular formula is C6H8N3. The largest absolute Gasteiger partial charge is 0.270 e. The first-order valence-corrected chi connectivity index (χ1v) is 3.16. The lowest BCUT2D eigenvalue weighted by molar-refractivity contribution is 0.268. The van der Waals surface area contributed by atoms with Crippen LogP contribution in [0.2, 0.25) is 0 Å². The van der Waals surface area contributed by atoms with Crippen LogP contribution in [-0.2, 0) is 0 Å². The standard InChI is InChI=1S/C6H8N3/c1-2-4-9-6(3-1)5-7-8-9/h3,8H,1-2,4H2. The lowest BCUT2D eigenvalue weighted by atomic mass is 10.2. The van der Waals surface area contributed by atoms with E-state index in [1.165, 1.54) is 6.42 Å². The minimum atomic E-state index is 1.06. The third-order valence-electron chi connectivity index (χ3n) is 1.56. The minimum Gasteiger partial charge on any atom is -0.270 e. The Labute approximate surface area is 54.0 Å². The molecule has 0 aromatic heterocycles. The summed E-state index contributed by atoms with van der Waals surface area (Å²) in [6.45, 7) is 1.06. The fourth-order valence-corrected chi connectivity index (χ4v) is 1.07. The van der Waals surface area contributed by atoms with Crippen LogP contribution in [0.1, 0.15) is 12.8 Å². The monoisotopic (exact) mass is 122 g/mol. The summed E-state index contributed by atoms with van der Waals surface area (Å²) < 4.78 is 0. The van der Waals surface area contributed by atoms with Crippen LogP contribution in [0.4, 0.5) is 0 Å². The summed E-state index contributed by atoms with van der Waals surface area (Å²) in [6, 6.07) is 0. The van der Waals surface area contributed by atoms with Crippen molar-refractivity contribution in [3.63, 3.8) is 0 Å². The molecule has 0 fully saturated rings. The van der Waals surface area contributed by atoms with E-state index in [0.717, 1.165) is 18.7 Å². The number of rotatable bonds is 0. The molecule has 0 bridgehead atoms. The highest BCUT2D eigenvalue weighted by Gasteiger charge is 2.14. The zero-order valence-corrected chi connectivity index (χ0v) is 5.09. The number of hydrogen-bond donors (Lipinski definition) is 1. The Hall–Kier alpha value is -0.990. The Kier molecular flexibility index (Phi) is 0.946. The number of hydrazone groups is 1. The summed E-state index contributed by atoms with van der Waals surface area (Å²) in [5, 5.41) is 5.79. The van der Waals surface area contributed by atoms with Crippen LogP contribution in [-0.4, -0.2) is 17.8 Å². The second-order valence-corrected chi connectivity index (χ2v) is 2.21. The number of hydrazine groups is 1. The molecule has 1 N–H and O–H groups in total. The van der Waals surface area contributed by atoms with Crippen molar-refractivity contribution < 1.29 is 0 Å². The SMILES string of the molecule is [C]1=NNN2CCCC=C12. The van der Waals surface area contributed by atoms with Crippen molar-refractivity contribution in [1.29, 1.82) is 0 Å². The molecular weight excluding hydrogens is 114 g/mol. The van der Waals surface area contributed by atoms with Crippen LogP contribution in [0.5, 0.6) is 0 Å². The lowest BCUT2D eigenvalue weighted by Gasteiger charge is -2.21. The van der Waals surface area contributed by atoms with Gasteiger partial charge in [0.1, 0.15) is 6.21 Å². The van der Waals surface area contributed by atoms with Crippen molar-refractivity contribution in [3.8, 4) is 0 Å². The van der Waals surface area contributed by atoms with E-state index in [-0.39, 0.29) is 0 Å². The summed E-state index contributed by atoms with van der Waals surface area (Å²) in [5.74, 6) is 0. The predicted molar refractivity (Wildman–Crippen MR) is 34.6 cm³/mol. The van der Waals surface area contributed by atoms with Gasteiger partial charge in [0.25, 0.3) is 0 Å². The number of nitrogens with one attached hydrogen (secondary N) is 1. The highest BCUT2D eigenvalue weighted by Crippen LogP contribution is 2.12. The first-order chi connectivity index (χ1) is 4.47. The zero-order chi connectivity index (χ0) is 6.10. The number of nitrogens with zero attached hydrogens (tertiary/aromatic N) is 2. The average Bonchev–Trinajstić information content (AvgIpc) is 2.33. The van der Waals surface area contributed by atoms with Gasteiger partial charge < -0.3 is 0 Å². The maximum Gasteiger partial charge on any atom is 0.139 e. The Morgan fingerprint density at radius 3 is 3.67 bits per heavy atom. The smallest absolute Gasteiger partial charge is 0.139 e. The molecule has 3 heteroatoms. The quantitative estimate of drug-likeness (QED) is 0.502. The van der Waals surface area contributed by atoms with Crippen molar-refractivity contribution in [2.45, 2.75) is 12.8 Å². The van der Waals surface area contributed by atoms with Gasteiger partial charge in [-0.1, -0.05) is 6.08 Å². The summed E-state index contributed by atoms with van der Waals surface area (Å²) in [4.78, 5) is 0. The topological polar surface area (TPSA) is 27.6 Å². The van der Waals surface area contributed by atoms with Gasteiger partial charge in [0.05, 0.1) is 5.70 Å². The van der Waals surface area contributed by atoms with Gasteiger partial charge >= 0.3 is 0 Å². The van der Waals surface area contributed by atoms with Crippen molar-refractivity contribution in [2.75, 3.05) is 6.54 Å². The first-order valence-electron chi connectivity index (χ1n) is 3.16. The first kappa shape index (κ1) is 4.85. The predicted octanol–water partition coefficient (Wildman–Crippen LogP) is 0.347. The Bertz CT molecular complexity index is 171. The molecule has 2 aliphatic rings. The Morgan fingerprint density at radius 2 is 2.78 bits per heavy atom. The van der Waals surface area contributed by atoms with Gasteiger partial charge in [-0.25, -0.2) is 5.53 Å². The fraction of sp³-hybridized carbons (Fsp3) is 0.500. The molecule has 0 aromatic carbocycles. The summed E-state index contributed by atoms with van der Waals surface area (Å²) in [6.07, 6.45) is 7.38. The zero-order valence-electron chi connectivity index (χ0n) is 5.09. The molecule has 0 aliphatic carbocycles. The molecule has 2 rings (SSSR count). The molecule has 0 amide bonds. The van der Waals surface area contributed by atoms with Gasteiger partial charge in [0, 0.05) is 6.54 Å². The van der Waals surface area contributed by atoms with Crippen molar-refractivity contribution in [3.05, 3.63) is 11.8 Å². The summed E-state index contributed by atoms with van der Waals surface area (Å²) in [5.41, 5.74) is 3.94. The van der Waals surface area contributed by atoms with E-state index in [4.69, 9.17) is 0 Å². The van der Waals surface area contributed by atoms with Crippen LogP contribution in [0.25, 0.3) is 0 Å². The van der Waals surface area contributed by atoms with Crippen LogP contribution < -0.4 is 5.53 Å². The second kappa shape index (κ2) is 1.76. The molecule has 0 spiro atoms. The maximum atomic E-state index is 3.79. The van der Waals surface area contributed by atoms with Gasteiger partial charge in [-0.05, 0) is 12.8 Å². The molecule has 2 heterocycles. The van der Waals surface area contributed by atoms with Gasteiger partial charge in [-0.3, -0.25) is 5.01 Å². The van der Waals surface area contributed by atoms with Crippen molar-refractivity contribution in [1.82, 2.24) is 10.5 Å². The van der Waals surface area contributed by atoms with E-state index in [1.54, 1.807) is 0 Å². The normalized spacial score (nSPS) is 23.1. The van der Waals surface area contributed by atoms with Crippen molar-refractivity contribution >= 4 is 6.21 Å². The van der Waals surface area contributed by atoms with E-state index in [1.807, 2.05) is 5.01 Å². The van der Waals surface area contributed by atoms with E-state index >= 15 is 0 Å². The number of hydrogen-bond acceptors (Lipinski definition) is 3. The molecule has 0 saturated carbocycles. The van der Waals surface area contributed by atoms with Crippen LogP contribution in [0.15, 0.2) is 16.9 Å². The summed E-state index contributed by atoms with van der Waals surface area (Å²) in [7, 11) is 0. The Balaban J connectivity index is 2.23. The van der Waals surface area contributed by atoms with Gasteiger partial charge in [-0.2, -0.15) is 5.10 Å². The molecule has 9 heavy (non-hydrogen) atoms. The van der Waals surface area contributed by atoms with Crippen LogP contribution in [0.3, 0.4) is 0 Å². The molecule has 0 unspecified atom stereocenters. The van der Waals surface area contributed by atoms with E-state index in [2.05, 4.69) is 22.9 Å². The van der Waals surface area contributed by atoms with Crippen LogP contribution >= 0.6 is 0 Å². The number of fused-ring (bicyclic) bond motifs is 1. The molecule has 3 nitrogen and oxygen atoms in total. The van der Waals surface area contributed by atoms with E-state index < -0.39 is 0 Å². The second-order valence-electron chi connectivity index (χ2n) is 2.21. The lowest BCUT2D eigenvalue weighted by Crippen LogP contribution is -2.31. The van der Waals surface area contributed by atoms with Crippen molar-refractivity contribution in [2.24, 2.45) is 5.10 Å². The molecule has 0 saturated heterocycles. The molecule has 1 radical (unpaired) electrons. The third kappa shape index (κ3) is 0.686. The summed E-state index contributed by atoms with van der Waals surface area (Å²) >= 11 is 0. The average molecular weight is 122 g/mol. The Morgan fingerprint density at radius 1 is 1.78 bits per heavy atom. The fourth-order valence-electron chi connectivity index (χ4n) is 1.07. The van der Waals surface area contributed by atoms with Crippen LogP contribution in [0, 0.1) is 0 Å². The van der Waals surface area contributed by atoms with Gasteiger partial charge in [0.2, 0.25) is 0 Å². The maximum absolute atomic E-state index is 3.79.